The van der Waals surface area contributed by atoms with Crippen molar-refractivity contribution in [2.45, 2.75) is 45.4 Å². The summed E-state index contributed by atoms with van der Waals surface area (Å²) in [7, 11) is 0. The first-order valence-electron chi connectivity index (χ1n) is 9.09. The van der Waals surface area contributed by atoms with Gasteiger partial charge in [-0.05, 0) is 38.8 Å². The number of nitrogens with one attached hydrogen (secondary N) is 2. The lowest BCUT2D eigenvalue weighted by Crippen LogP contribution is -2.51. The van der Waals surface area contributed by atoms with Crippen LogP contribution in [0.5, 0.6) is 0 Å². The molecule has 0 aliphatic rings. The van der Waals surface area contributed by atoms with Crippen LogP contribution in [0, 0.1) is 0 Å². The fraction of sp³-hybridized carbons (Fsp3) is 0.364. The Kier molecular flexibility index (Phi) is 7.13. The molecule has 1 unspecified atom stereocenters. The molecule has 2 N–H and O–H groups in total. The van der Waals surface area contributed by atoms with E-state index in [0.29, 0.717) is 0 Å². The lowest BCUT2D eigenvalue weighted by molar-refractivity contribution is -0.132. The molecular formula is C22H28N2O3. The van der Waals surface area contributed by atoms with Gasteiger partial charge in [0.2, 0.25) is 11.8 Å². The molecule has 144 valence electrons. The van der Waals surface area contributed by atoms with Gasteiger partial charge in [0.25, 0.3) is 0 Å². The van der Waals surface area contributed by atoms with Crippen LogP contribution in [0.2, 0.25) is 0 Å². The number of hydrogen-bond donors (Lipinski definition) is 2. The molecule has 0 saturated carbocycles. The molecule has 0 heterocycles. The SMILES string of the molecule is CC(NC(=O)COC(c1ccccc1)c1ccccc1)C(=O)NC(C)(C)C. The summed E-state index contributed by atoms with van der Waals surface area (Å²) in [5.41, 5.74) is 1.59. The highest BCUT2D eigenvalue weighted by molar-refractivity contribution is 5.88. The number of benzene rings is 2. The smallest absolute Gasteiger partial charge is 0.246 e. The summed E-state index contributed by atoms with van der Waals surface area (Å²) in [5.74, 6) is -0.554. The maximum atomic E-state index is 12.3. The van der Waals surface area contributed by atoms with Crippen molar-refractivity contribution in [1.82, 2.24) is 10.6 Å². The van der Waals surface area contributed by atoms with Gasteiger partial charge in [-0.2, -0.15) is 0 Å². The Labute approximate surface area is 161 Å². The van der Waals surface area contributed by atoms with Crippen LogP contribution in [0.15, 0.2) is 60.7 Å². The fourth-order valence-corrected chi connectivity index (χ4v) is 2.63. The van der Waals surface area contributed by atoms with Gasteiger partial charge in [0.15, 0.2) is 0 Å². The zero-order valence-electron chi connectivity index (χ0n) is 16.4. The summed E-state index contributed by atoms with van der Waals surface area (Å²) in [4.78, 5) is 24.4. The molecule has 2 aromatic carbocycles. The number of hydrogen-bond acceptors (Lipinski definition) is 3. The molecule has 1 atom stereocenters. The molecule has 0 aliphatic carbocycles. The lowest BCUT2D eigenvalue weighted by Gasteiger charge is -2.24. The highest BCUT2D eigenvalue weighted by atomic mass is 16.5. The largest absolute Gasteiger partial charge is 0.359 e. The molecule has 27 heavy (non-hydrogen) atoms. The first kappa shape index (κ1) is 20.6. The maximum Gasteiger partial charge on any atom is 0.246 e. The fourth-order valence-electron chi connectivity index (χ4n) is 2.63. The first-order chi connectivity index (χ1) is 12.8. The maximum absolute atomic E-state index is 12.3. The molecule has 0 fully saturated rings. The summed E-state index contributed by atoms with van der Waals surface area (Å²) < 4.78 is 5.91. The number of amides is 2. The predicted molar refractivity (Wildman–Crippen MR) is 106 cm³/mol. The molecule has 0 radical (unpaired) electrons. The normalized spacial score (nSPS) is 12.5. The van der Waals surface area contributed by atoms with E-state index in [-0.39, 0.29) is 30.1 Å². The third-order valence-corrected chi connectivity index (χ3v) is 3.85. The Morgan fingerprint density at radius 1 is 0.926 bits per heavy atom. The van der Waals surface area contributed by atoms with Crippen molar-refractivity contribution in [2.24, 2.45) is 0 Å². The van der Waals surface area contributed by atoms with Gasteiger partial charge in [-0.15, -0.1) is 0 Å². The Bertz CT molecular complexity index is 700. The molecule has 2 amide bonds. The van der Waals surface area contributed by atoms with Gasteiger partial charge in [-0.3, -0.25) is 9.59 Å². The third kappa shape index (κ3) is 6.87. The van der Waals surface area contributed by atoms with Crippen LogP contribution in [0.4, 0.5) is 0 Å². The van der Waals surface area contributed by atoms with Crippen LogP contribution in [0.1, 0.15) is 44.9 Å². The second-order valence-corrected chi connectivity index (χ2v) is 7.54. The van der Waals surface area contributed by atoms with Gasteiger partial charge >= 0.3 is 0 Å². The van der Waals surface area contributed by atoms with Crippen LogP contribution in [0.25, 0.3) is 0 Å². The summed E-state index contributed by atoms with van der Waals surface area (Å²) in [6.07, 6.45) is -0.350. The van der Waals surface area contributed by atoms with Gasteiger partial charge in [0.05, 0.1) is 0 Å². The van der Waals surface area contributed by atoms with E-state index in [1.54, 1.807) is 6.92 Å². The molecule has 2 aromatic rings. The second-order valence-electron chi connectivity index (χ2n) is 7.54. The summed E-state index contributed by atoms with van der Waals surface area (Å²) >= 11 is 0. The predicted octanol–water partition coefficient (Wildman–Crippen LogP) is 3.21. The van der Waals surface area contributed by atoms with Gasteiger partial charge in [-0.1, -0.05) is 60.7 Å². The van der Waals surface area contributed by atoms with E-state index in [1.807, 2.05) is 81.4 Å². The highest BCUT2D eigenvalue weighted by Gasteiger charge is 2.22. The molecule has 0 aromatic heterocycles. The molecule has 5 nitrogen and oxygen atoms in total. The van der Waals surface area contributed by atoms with E-state index in [1.165, 1.54) is 0 Å². The molecule has 5 heteroatoms. The highest BCUT2D eigenvalue weighted by Crippen LogP contribution is 2.25. The molecule has 0 spiro atoms. The number of carbonyl (C=O) groups excluding carboxylic acids is 2. The van der Waals surface area contributed by atoms with Crippen molar-refractivity contribution in [2.75, 3.05) is 6.61 Å². The van der Waals surface area contributed by atoms with Crippen molar-refractivity contribution in [3.05, 3.63) is 71.8 Å². The Morgan fingerprint density at radius 3 is 1.85 bits per heavy atom. The zero-order chi connectivity index (χ0) is 19.9. The topological polar surface area (TPSA) is 67.4 Å². The molecule has 0 aliphatic heterocycles. The molecule has 2 rings (SSSR count). The summed E-state index contributed by atoms with van der Waals surface area (Å²) in [6.45, 7) is 7.21. The molecular weight excluding hydrogens is 340 g/mol. The molecule has 0 bridgehead atoms. The summed E-state index contributed by atoms with van der Waals surface area (Å²) in [5, 5.41) is 5.53. The Hall–Kier alpha value is -2.66. The van der Waals surface area contributed by atoms with Crippen molar-refractivity contribution in [1.29, 1.82) is 0 Å². The van der Waals surface area contributed by atoms with Gasteiger partial charge in [0.1, 0.15) is 18.8 Å². The number of carbonyl (C=O) groups is 2. The van der Waals surface area contributed by atoms with E-state index in [9.17, 15) is 9.59 Å². The third-order valence-electron chi connectivity index (χ3n) is 3.85. The van der Waals surface area contributed by atoms with E-state index in [4.69, 9.17) is 4.74 Å². The Balaban J connectivity index is 1.99. The van der Waals surface area contributed by atoms with E-state index >= 15 is 0 Å². The van der Waals surface area contributed by atoms with Crippen LogP contribution in [0.3, 0.4) is 0 Å². The minimum absolute atomic E-state index is 0.137. The standard InChI is InChI=1S/C22H28N2O3/c1-16(21(26)24-22(2,3)4)23-19(25)15-27-20(17-11-7-5-8-12-17)18-13-9-6-10-14-18/h5-14,16,20H,15H2,1-4H3,(H,23,25)(H,24,26). The zero-order valence-corrected chi connectivity index (χ0v) is 16.4. The average Bonchev–Trinajstić information content (AvgIpc) is 2.62. The number of rotatable bonds is 7. The minimum Gasteiger partial charge on any atom is -0.359 e. The minimum atomic E-state index is -0.632. The van der Waals surface area contributed by atoms with Gasteiger partial charge in [0, 0.05) is 5.54 Å². The van der Waals surface area contributed by atoms with Crippen LogP contribution in [-0.2, 0) is 14.3 Å². The summed E-state index contributed by atoms with van der Waals surface area (Å²) in [6, 6.07) is 18.9. The second kappa shape index (κ2) is 9.33. The average molecular weight is 368 g/mol. The van der Waals surface area contributed by atoms with Crippen molar-refractivity contribution in [3.63, 3.8) is 0 Å². The van der Waals surface area contributed by atoms with E-state index in [2.05, 4.69) is 10.6 Å². The molecule has 0 saturated heterocycles. The number of ether oxygens (including phenoxy) is 1. The van der Waals surface area contributed by atoms with Crippen molar-refractivity contribution in [3.8, 4) is 0 Å². The van der Waals surface area contributed by atoms with Crippen LogP contribution < -0.4 is 10.6 Å². The van der Waals surface area contributed by atoms with Crippen molar-refractivity contribution >= 4 is 11.8 Å². The van der Waals surface area contributed by atoms with Crippen LogP contribution >= 0.6 is 0 Å². The van der Waals surface area contributed by atoms with Crippen molar-refractivity contribution < 1.29 is 14.3 Å². The Morgan fingerprint density at radius 2 is 1.41 bits per heavy atom. The van der Waals surface area contributed by atoms with E-state index < -0.39 is 6.04 Å². The van der Waals surface area contributed by atoms with Crippen LogP contribution in [-0.4, -0.2) is 30.0 Å². The quantitative estimate of drug-likeness (QED) is 0.789. The monoisotopic (exact) mass is 368 g/mol. The van der Waals surface area contributed by atoms with Gasteiger partial charge in [-0.25, -0.2) is 0 Å². The first-order valence-corrected chi connectivity index (χ1v) is 9.09. The lowest BCUT2D eigenvalue weighted by atomic mass is 10.0. The van der Waals surface area contributed by atoms with E-state index in [0.717, 1.165) is 11.1 Å². The van der Waals surface area contributed by atoms with Gasteiger partial charge < -0.3 is 15.4 Å².